The minimum Gasteiger partial charge on any atom is -0.508 e. The zero-order chi connectivity index (χ0) is 25.4. The molecule has 1 amide bonds. The molecule has 1 unspecified atom stereocenters. The van der Waals surface area contributed by atoms with Crippen molar-refractivity contribution in [3.8, 4) is 17.2 Å². The topological polar surface area (TPSA) is 104 Å². The quantitative estimate of drug-likeness (QED) is 0.352. The van der Waals surface area contributed by atoms with Gasteiger partial charge < -0.3 is 40.2 Å². The first-order valence-corrected chi connectivity index (χ1v) is 10.8. The third-order valence-electron chi connectivity index (χ3n) is 4.85. The lowest BCUT2D eigenvalue weighted by Gasteiger charge is -2.28. The summed E-state index contributed by atoms with van der Waals surface area (Å²) < 4.78 is 53.0. The number of aromatic hydroxyl groups is 1. The number of hydrogen-bond acceptors (Lipinski definition) is 8. The fourth-order valence-electron chi connectivity index (χ4n) is 3.36. The second kappa shape index (κ2) is 11.6. The van der Waals surface area contributed by atoms with Crippen LogP contribution in [0.1, 0.15) is 12.5 Å². The molecule has 0 aliphatic carbocycles. The molecule has 1 aliphatic heterocycles. The van der Waals surface area contributed by atoms with Gasteiger partial charge in [0.25, 0.3) is 12.3 Å². The monoisotopic (exact) mass is 496 g/mol. The van der Waals surface area contributed by atoms with Crippen molar-refractivity contribution in [2.75, 3.05) is 26.8 Å². The van der Waals surface area contributed by atoms with Crippen LogP contribution in [0.15, 0.2) is 60.0 Å². The predicted octanol–water partition coefficient (Wildman–Crippen LogP) is 2.60. The fourth-order valence-corrected chi connectivity index (χ4v) is 3.36. The average Bonchev–Trinajstić information content (AvgIpc) is 3.14. The number of nitrogens with one attached hydrogen (secondary N) is 3. The molecule has 0 radical (unpaired) electrons. The molecule has 190 valence electrons. The number of carbonyl (C=O) groups is 1. The van der Waals surface area contributed by atoms with Gasteiger partial charge >= 0.3 is 6.36 Å². The highest BCUT2D eigenvalue weighted by Crippen LogP contribution is 2.29. The third-order valence-corrected chi connectivity index (χ3v) is 4.85. The van der Waals surface area contributed by atoms with Crippen molar-refractivity contribution in [3.63, 3.8) is 0 Å². The van der Waals surface area contributed by atoms with Crippen LogP contribution < -0.4 is 25.4 Å². The van der Waals surface area contributed by atoms with Gasteiger partial charge in [-0.1, -0.05) is 18.2 Å². The molecule has 0 saturated heterocycles. The summed E-state index contributed by atoms with van der Waals surface area (Å²) in [6.07, 6.45) is -5.79. The Bertz CT molecular complexity index is 1030. The molecule has 3 rings (SSSR count). The summed E-state index contributed by atoms with van der Waals surface area (Å²) in [7, 11) is 1.62. The van der Waals surface area contributed by atoms with Crippen LogP contribution in [-0.4, -0.2) is 55.4 Å². The standard InChI is InChI=1S/C23H27F3N4O5/c1-3-33-12-11-28-21(32)19-20(27-2)29-22(30(19)14-15-7-9-16(31)10-8-15)34-17-5-4-6-18(13-17)35-23(24,25)26/h4-10,13,22,27,29,31H,3,11-12,14H2,1-2H3,(H,28,32). The van der Waals surface area contributed by atoms with Gasteiger partial charge in [0.15, 0.2) is 0 Å². The van der Waals surface area contributed by atoms with E-state index in [9.17, 15) is 23.1 Å². The molecule has 2 aromatic rings. The summed E-state index contributed by atoms with van der Waals surface area (Å²) in [6, 6.07) is 11.5. The van der Waals surface area contributed by atoms with E-state index in [0.29, 0.717) is 19.0 Å². The van der Waals surface area contributed by atoms with Gasteiger partial charge in [-0.25, -0.2) is 0 Å². The maximum atomic E-state index is 13.1. The van der Waals surface area contributed by atoms with Gasteiger partial charge in [0.1, 0.15) is 28.8 Å². The number of rotatable bonds is 11. The lowest BCUT2D eigenvalue weighted by molar-refractivity contribution is -0.274. The molecule has 4 N–H and O–H groups in total. The number of ether oxygens (including phenoxy) is 3. The Labute approximate surface area is 200 Å². The summed E-state index contributed by atoms with van der Waals surface area (Å²) in [5.41, 5.74) is 0.995. The van der Waals surface area contributed by atoms with Crippen molar-refractivity contribution in [1.82, 2.24) is 20.9 Å². The van der Waals surface area contributed by atoms with E-state index in [1.807, 2.05) is 6.92 Å². The summed E-state index contributed by atoms with van der Waals surface area (Å²) in [6.45, 7) is 3.17. The number of phenols is 1. The molecule has 1 atom stereocenters. The number of benzene rings is 2. The van der Waals surface area contributed by atoms with E-state index in [0.717, 1.165) is 17.7 Å². The lowest BCUT2D eigenvalue weighted by Crippen LogP contribution is -2.44. The minimum absolute atomic E-state index is 0.0860. The summed E-state index contributed by atoms with van der Waals surface area (Å²) in [5.74, 6) is -0.295. The molecule has 0 bridgehead atoms. The first kappa shape index (κ1) is 25.8. The van der Waals surface area contributed by atoms with Gasteiger partial charge in [0.05, 0.1) is 6.61 Å². The van der Waals surface area contributed by atoms with Gasteiger partial charge in [-0.05, 0) is 36.8 Å². The van der Waals surface area contributed by atoms with Crippen LogP contribution in [0.3, 0.4) is 0 Å². The van der Waals surface area contributed by atoms with E-state index in [4.69, 9.17) is 9.47 Å². The van der Waals surface area contributed by atoms with Gasteiger partial charge in [0.2, 0.25) is 0 Å². The van der Waals surface area contributed by atoms with Crippen molar-refractivity contribution in [1.29, 1.82) is 0 Å². The Balaban J connectivity index is 1.85. The molecule has 2 aromatic carbocycles. The maximum Gasteiger partial charge on any atom is 0.573 e. The Morgan fingerprint density at radius 2 is 1.89 bits per heavy atom. The van der Waals surface area contributed by atoms with E-state index in [1.54, 1.807) is 24.1 Å². The minimum atomic E-state index is -4.84. The Hall–Kier alpha value is -3.80. The number of hydrogen-bond donors (Lipinski definition) is 4. The molecule has 1 heterocycles. The van der Waals surface area contributed by atoms with Gasteiger partial charge in [-0.3, -0.25) is 4.79 Å². The van der Waals surface area contributed by atoms with Crippen molar-refractivity contribution < 1.29 is 37.3 Å². The third kappa shape index (κ3) is 7.34. The normalized spacial score (nSPS) is 15.6. The molecule has 0 saturated carbocycles. The van der Waals surface area contributed by atoms with Crippen molar-refractivity contribution in [2.24, 2.45) is 0 Å². The maximum absolute atomic E-state index is 13.1. The smallest absolute Gasteiger partial charge is 0.508 e. The number of halogens is 3. The Kier molecular flexibility index (Phi) is 8.53. The Morgan fingerprint density at radius 3 is 2.54 bits per heavy atom. The predicted molar refractivity (Wildman–Crippen MR) is 120 cm³/mol. The van der Waals surface area contributed by atoms with Gasteiger partial charge in [-0.2, -0.15) is 0 Å². The number of carbonyl (C=O) groups excluding carboxylic acids is 1. The molecule has 12 heteroatoms. The SMILES string of the molecule is CCOCCNC(=O)C1=C(NC)NC(Oc2cccc(OC(F)(F)F)c2)N1Cc1ccc(O)cc1. The molecule has 0 spiro atoms. The summed E-state index contributed by atoms with van der Waals surface area (Å²) >= 11 is 0. The molecule has 0 aromatic heterocycles. The van der Waals surface area contributed by atoms with Crippen LogP contribution in [0.4, 0.5) is 13.2 Å². The first-order chi connectivity index (χ1) is 16.7. The number of alkyl halides is 3. The highest BCUT2D eigenvalue weighted by Gasteiger charge is 2.37. The summed E-state index contributed by atoms with van der Waals surface area (Å²) in [5, 5.41) is 18.3. The lowest BCUT2D eigenvalue weighted by atomic mass is 10.2. The van der Waals surface area contributed by atoms with E-state index in [2.05, 4.69) is 20.7 Å². The van der Waals surface area contributed by atoms with Crippen LogP contribution >= 0.6 is 0 Å². The molecule has 35 heavy (non-hydrogen) atoms. The number of amides is 1. The van der Waals surface area contributed by atoms with E-state index in [-0.39, 0.29) is 30.3 Å². The van der Waals surface area contributed by atoms with E-state index < -0.39 is 24.4 Å². The van der Waals surface area contributed by atoms with Gasteiger partial charge in [-0.15, -0.1) is 13.2 Å². The molecular weight excluding hydrogens is 469 g/mol. The van der Waals surface area contributed by atoms with Crippen LogP contribution in [-0.2, 0) is 16.1 Å². The fraction of sp³-hybridized carbons (Fsp3) is 0.348. The highest BCUT2D eigenvalue weighted by molar-refractivity contribution is 5.94. The second-order valence-electron chi connectivity index (χ2n) is 7.36. The van der Waals surface area contributed by atoms with Crippen LogP contribution in [0.2, 0.25) is 0 Å². The Morgan fingerprint density at radius 1 is 1.17 bits per heavy atom. The number of nitrogens with zero attached hydrogens (tertiary/aromatic N) is 1. The van der Waals surface area contributed by atoms with Crippen molar-refractivity contribution in [3.05, 3.63) is 65.6 Å². The van der Waals surface area contributed by atoms with E-state index in [1.165, 1.54) is 24.3 Å². The van der Waals surface area contributed by atoms with Crippen molar-refractivity contribution in [2.45, 2.75) is 26.2 Å². The highest BCUT2D eigenvalue weighted by atomic mass is 19.4. The summed E-state index contributed by atoms with van der Waals surface area (Å²) in [4.78, 5) is 14.7. The van der Waals surface area contributed by atoms with Gasteiger partial charge in [0, 0.05) is 32.8 Å². The molecule has 1 aliphatic rings. The molecular formula is C23H27F3N4O5. The zero-order valence-electron chi connectivity index (χ0n) is 19.2. The average molecular weight is 496 g/mol. The first-order valence-electron chi connectivity index (χ1n) is 10.8. The largest absolute Gasteiger partial charge is 0.573 e. The van der Waals surface area contributed by atoms with E-state index >= 15 is 0 Å². The molecule has 9 nitrogen and oxygen atoms in total. The van der Waals surface area contributed by atoms with Crippen LogP contribution in [0, 0.1) is 0 Å². The molecule has 0 fully saturated rings. The van der Waals surface area contributed by atoms with Crippen LogP contribution in [0.25, 0.3) is 0 Å². The van der Waals surface area contributed by atoms with Crippen molar-refractivity contribution >= 4 is 5.91 Å². The van der Waals surface area contributed by atoms with Crippen LogP contribution in [0.5, 0.6) is 17.2 Å². The number of phenolic OH excluding ortho intramolecular Hbond substituents is 1. The zero-order valence-corrected chi connectivity index (χ0v) is 19.2. The second-order valence-corrected chi connectivity index (χ2v) is 7.36.